The number of alkyl halides is 1. The Morgan fingerprint density at radius 3 is 2.17 bits per heavy atom. The molecule has 66 valence electrons. The van der Waals surface area contributed by atoms with Crippen LogP contribution in [0.4, 0.5) is 4.39 Å². The van der Waals surface area contributed by atoms with Gasteiger partial charge in [0.15, 0.2) is 0 Å². The number of halogens is 3. The van der Waals surface area contributed by atoms with Crippen molar-refractivity contribution >= 4 is 23.2 Å². The van der Waals surface area contributed by atoms with E-state index in [4.69, 9.17) is 28.9 Å². The summed E-state index contributed by atoms with van der Waals surface area (Å²) in [5.74, 6) is 0. The van der Waals surface area contributed by atoms with Crippen LogP contribution >= 0.6 is 23.2 Å². The molecule has 1 atom stereocenters. The number of rotatable bonds is 2. The predicted octanol–water partition coefficient (Wildman–Crippen LogP) is 2.96. The highest BCUT2D eigenvalue weighted by Crippen LogP contribution is 2.22. The zero-order valence-corrected chi connectivity index (χ0v) is 7.74. The fourth-order valence-corrected chi connectivity index (χ4v) is 1.42. The van der Waals surface area contributed by atoms with Gasteiger partial charge in [-0.25, -0.2) is 4.39 Å². The summed E-state index contributed by atoms with van der Waals surface area (Å²) in [5.41, 5.74) is 6.06. The first-order chi connectivity index (χ1) is 5.63. The summed E-state index contributed by atoms with van der Waals surface area (Å²) in [6.07, 6.45) is 0. The predicted molar refractivity (Wildman–Crippen MR) is 49.4 cm³/mol. The number of nitrogens with two attached hydrogens (primary N) is 1. The van der Waals surface area contributed by atoms with E-state index >= 15 is 0 Å². The van der Waals surface area contributed by atoms with Crippen LogP contribution in [0.15, 0.2) is 18.2 Å². The Morgan fingerprint density at radius 1 is 1.25 bits per heavy atom. The quantitative estimate of drug-likeness (QED) is 0.794. The molecule has 0 unspecified atom stereocenters. The molecule has 0 radical (unpaired) electrons. The molecule has 0 fully saturated rings. The van der Waals surface area contributed by atoms with E-state index in [9.17, 15) is 4.39 Å². The monoisotopic (exact) mass is 207 g/mol. The van der Waals surface area contributed by atoms with Crippen LogP contribution in [0.25, 0.3) is 0 Å². The molecule has 1 nitrogen and oxygen atoms in total. The zero-order valence-electron chi connectivity index (χ0n) is 6.23. The molecule has 0 spiro atoms. The van der Waals surface area contributed by atoms with Gasteiger partial charge in [-0.1, -0.05) is 23.2 Å². The van der Waals surface area contributed by atoms with Gasteiger partial charge in [-0.15, -0.1) is 0 Å². The topological polar surface area (TPSA) is 26.0 Å². The summed E-state index contributed by atoms with van der Waals surface area (Å²) in [4.78, 5) is 0. The van der Waals surface area contributed by atoms with E-state index in [-0.39, 0.29) is 0 Å². The summed E-state index contributed by atoms with van der Waals surface area (Å²) in [5, 5.41) is 0.947. The second-order valence-electron chi connectivity index (χ2n) is 2.46. The maximum atomic E-state index is 12.1. The third-order valence-corrected chi connectivity index (χ3v) is 1.92. The fraction of sp³-hybridized carbons (Fsp3) is 0.250. The molecule has 0 aromatic heterocycles. The van der Waals surface area contributed by atoms with Crippen molar-refractivity contribution in [2.45, 2.75) is 6.04 Å². The van der Waals surface area contributed by atoms with Crippen molar-refractivity contribution in [2.75, 3.05) is 6.67 Å². The van der Waals surface area contributed by atoms with Gasteiger partial charge < -0.3 is 5.73 Å². The third kappa shape index (κ3) is 2.34. The number of hydrogen-bond acceptors (Lipinski definition) is 1. The molecule has 1 aromatic carbocycles. The average Bonchev–Trinajstić information content (AvgIpc) is 2.01. The molecule has 0 aliphatic carbocycles. The lowest BCUT2D eigenvalue weighted by Gasteiger charge is -2.07. The van der Waals surface area contributed by atoms with Crippen LogP contribution in [-0.4, -0.2) is 6.67 Å². The SMILES string of the molecule is N[C@@H](CF)c1cc(Cl)cc(Cl)c1. The molecule has 0 aliphatic heterocycles. The first kappa shape index (κ1) is 9.78. The van der Waals surface area contributed by atoms with Crippen molar-refractivity contribution in [3.05, 3.63) is 33.8 Å². The van der Waals surface area contributed by atoms with Crippen molar-refractivity contribution in [2.24, 2.45) is 5.73 Å². The van der Waals surface area contributed by atoms with Crippen LogP contribution < -0.4 is 5.73 Å². The summed E-state index contributed by atoms with van der Waals surface area (Å²) >= 11 is 11.4. The van der Waals surface area contributed by atoms with Crippen LogP contribution in [-0.2, 0) is 0 Å². The maximum absolute atomic E-state index is 12.1. The smallest absolute Gasteiger partial charge is 0.109 e. The van der Waals surface area contributed by atoms with Crippen molar-refractivity contribution < 1.29 is 4.39 Å². The largest absolute Gasteiger partial charge is 0.322 e. The van der Waals surface area contributed by atoms with Crippen molar-refractivity contribution in [3.8, 4) is 0 Å². The van der Waals surface area contributed by atoms with Crippen LogP contribution in [0.2, 0.25) is 10.0 Å². The van der Waals surface area contributed by atoms with Gasteiger partial charge in [0.1, 0.15) is 6.67 Å². The molecule has 1 aromatic rings. The first-order valence-corrected chi connectivity index (χ1v) is 4.16. The number of hydrogen-bond donors (Lipinski definition) is 1. The lowest BCUT2D eigenvalue weighted by atomic mass is 10.1. The first-order valence-electron chi connectivity index (χ1n) is 3.41. The second-order valence-corrected chi connectivity index (χ2v) is 3.34. The molecule has 0 saturated carbocycles. The Bertz CT molecular complexity index is 258. The van der Waals surface area contributed by atoms with Crippen LogP contribution in [0, 0.1) is 0 Å². The van der Waals surface area contributed by atoms with Gasteiger partial charge in [-0.3, -0.25) is 0 Å². The Labute approximate surface area is 80.3 Å². The molecular weight excluding hydrogens is 200 g/mol. The molecule has 0 aliphatic rings. The van der Waals surface area contributed by atoms with Gasteiger partial charge in [0.25, 0.3) is 0 Å². The molecule has 12 heavy (non-hydrogen) atoms. The summed E-state index contributed by atoms with van der Waals surface area (Å²) in [6.45, 7) is -0.614. The summed E-state index contributed by atoms with van der Waals surface area (Å²) in [7, 11) is 0. The molecule has 2 N–H and O–H groups in total. The van der Waals surface area contributed by atoms with E-state index in [1.165, 1.54) is 0 Å². The molecule has 0 saturated heterocycles. The van der Waals surface area contributed by atoms with Gasteiger partial charge >= 0.3 is 0 Å². The summed E-state index contributed by atoms with van der Waals surface area (Å²) < 4.78 is 12.1. The van der Waals surface area contributed by atoms with Crippen molar-refractivity contribution in [1.82, 2.24) is 0 Å². The standard InChI is InChI=1S/C8H8Cl2FN/c9-6-1-5(8(12)4-11)2-7(10)3-6/h1-3,8H,4,12H2/t8-/m0/s1. The lowest BCUT2D eigenvalue weighted by Crippen LogP contribution is -2.11. The van der Waals surface area contributed by atoms with Gasteiger partial charge in [-0.05, 0) is 23.8 Å². The van der Waals surface area contributed by atoms with E-state index in [0.717, 1.165) is 0 Å². The Balaban J connectivity index is 3.00. The van der Waals surface area contributed by atoms with Crippen LogP contribution in [0.1, 0.15) is 11.6 Å². The molecule has 1 rings (SSSR count). The van der Waals surface area contributed by atoms with E-state index in [1.54, 1.807) is 18.2 Å². The Kier molecular flexibility index (Phi) is 3.32. The average molecular weight is 208 g/mol. The maximum Gasteiger partial charge on any atom is 0.109 e. The van der Waals surface area contributed by atoms with E-state index in [1.807, 2.05) is 0 Å². The minimum absolute atomic E-state index is 0.474. The molecule has 0 heterocycles. The highest BCUT2D eigenvalue weighted by atomic mass is 35.5. The zero-order chi connectivity index (χ0) is 9.14. The summed E-state index contributed by atoms with van der Waals surface area (Å²) in [6, 6.07) is 4.16. The highest BCUT2D eigenvalue weighted by Gasteiger charge is 2.06. The van der Waals surface area contributed by atoms with Crippen LogP contribution in [0.3, 0.4) is 0 Å². The minimum atomic E-state index is -0.638. The van der Waals surface area contributed by atoms with Gasteiger partial charge in [0, 0.05) is 10.0 Å². The van der Waals surface area contributed by atoms with Gasteiger partial charge in [-0.2, -0.15) is 0 Å². The van der Waals surface area contributed by atoms with Crippen molar-refractivity contribution in [3.63, 3.8) is 0 Å². The molecular formula is C8H8Cl2FN. The van der Waals surface area contributed by atoms with E-state index in [2.05, 4.69) is 0 Å². The van der Waals surface area contributed by atoms with Gasteiger partial charge in [0.2, 0.25) is 0 Å². The van der Waals surface area contributed by atoms with Gasteiger partial charge in [0.05, 0.1) is 6.04 Å². The molecule has 0 bridgehead atoms. The second kappa shape index (κ2) is 4.08. The highest BCUT2D eigenvalue weighted by molar-refractivity contribution is 6.34. The Hall–Kier alpha value is -0.310. The normalized spacial score (nSPS) is 13.0. The Morgan fingerprint density at radius 2 is 1.75 bits per heavy atom. The number of benzene rings is 1. The van der Waals surface area contributed by atoms with E-state index < -0.39 is 12.7 Å². The van der Waals surface area contributed by atoms with Crippen LogP contribution in [0.5, 0.6) is 0 Å². The fourth-order valence-electron chi connectivity index (χ4n) is 0.878. The molecule has 4 heteroatoms. The van der Waals surface area contributed by atoms with E-state index in [0.29, 0.717) is 15.6 Å². The van der Waals surface area contributed by atoms with Crippen molar-refractivity contribution in [1.29, 1.82) is 0 Å². The minimum Gasteiger partial charge on any atom is -0.322 e. The molecule has 0 amide bonds. The lowest BCUT2D eigenvalue weighted by molar-refractivity contribution is 0.437. The third-order valence-electron chi connectivity index (χ3n) is 1.48.